The van der Waals surface area contributed by atoms with Crippen LogP contribution < -0.4 is 11.2 Å². The van der Waals surface area contributed by atoms with Gasteiger partial charge in [0.15, 0.2) is 0 Å². The molecule has 0 radical (unpaired) electrons. The zero-order valence-electron chi connectivity index (χ0n) is 10.1. The van der Waals surface area contributed by atoms with Crippen LogP contribution in [0.4, 0.5) is 5.69 Å². The van der Waals surface area contributed by atoms with E-state index in [1.165, 1.54) is 22.8 Å². The highest BCUT2D eigenvalue weighted by Crippen LogP contribution is 2.21. The number of hydrogen-bond acceptors (Lipinski definition) is 5. The molecule has 0 fully saturated rings. The van der Waals surface area contributed by atoms with E-state index in [1.54, 1.807) is 12.1 Å². The Kier molecular flexibility index (Phi) is 4.28. The Labute approximate surface area is 119 Å². The van der Waals surface area contributed by atoms with Gasteiger partial charge in [-0.1, -0.05) is 29.4 Å². The molecule has 0 aliphatic rings. The van der Waals surface area contributed by atoms with Gasteiger partial charge in [0, 0.05) is 10.7 Å². The predicted molar refractivity (Wildman–Crippen MR) is 75.7 cm³/mol. The van der Waals surface area contributed by atoms with Crippen LogP contribution in [0.3, 0.4) is 0 Å². The molecule has 2 aromatic rings. The number of nitrogens with zero attached hydrogens (tertiary/aromatic N) is 3. The first-order chi connectivity index (χ1) is 9.06. The molecule has 19 heavy (non-hydrogen) atoms. The molecule has 0 atom stereocenters. The van der Waals surface area contributed by atoms with Gasteiger partial charge >= 0.3 is 0 Å². The number of carbonyl (C=O) groups is 1. The number of anilines is 1. The smallest absolute Gasteiger partial charge is 0.234 e. The zero-order valence-corrected chi connectivity index (χ0v) is 11.7. The summed E-state index contributed by atoms with van der Waals surface area (Å²) in [6, 6.07) is 5.34. The summed E-state index contributed by atoms with van der Waals surface area (Å²) in [6.45, 7) is 1.90. The lowest BCUT2D eigenvalue weighted by Gasteiger charge is -2.08. The van der Waals surface area contributed by atoms with Crippen LogP contribution in [0.5, 0.6) is 0 Å². The third-order valence-corrected chi connectivity index (χ3v) is 3.54. The summed E-state index contributed by atoms with van der Waals surface area (Å²) in [5.74, 6) is 5.59. The molecule has 1 aromatic heterocycles. The average Bonchev–Trinajstić information content (AvgIpc) is 2.77. The van der Waals surface area contributed by atoms with Gasteiger partial charge in [0.05, 0.1) is 5.75 Å². The highest BCUT2D eigenvalue weighted by atomic mass is 35.5. The molecule has 6 nitrogen and oxygen atoms in total. The summed E-state index contributed by atoms with van der Waals surface area (Å²) in [5.41, 5.74) is 1.65. The fraction of sp³-hybridized carbons (Fsp3) is 0.182. The van der Waals surface area contributed by atoms with E-state index < -0.39 is 0 Å². The Morgan fingerprint density at radius 1 is 1.58 bits per heavy atom. The van der Waals surface area contributed by atoms with Crippen molar-refractivity contribution in [1.29, 1.82) is 0 Å². The molecule has 2 rings (SSSR count). The normalized spacial score (nSPS) is 10.4. The number of rotatable bonds is 4. The Morgan fingerprint density at radius 3 is 3.05 bits per heavy atom. The van der Waals surface area contributed by atoms with E-state index in [-0.39, 0.29) is 11.7 Å². The fourth-order valence-electron chi connectivity index (χ4n) is 1.38. The Hall–Kier alpha value is -1.73. The second-order valence-electron chi connectivity index (χ2n) is 3.82. The van der Waals surface area contributed by atoms with E-state index in [4.69, 9.17) is 17.4 Å². The van der Waals surface area contributed by atoms with Crippen LogP contribution in [-0.2, 0) is 4.79 Å². The SMILES string of the molecule is Cc1ccc(Cl)cc1NC(=O)CSc1nncn1N. The molecule has 0 aliphatic heterocycles. The highest BCUT2D eigenvalue weighted by molar-refractivity contribution is 7.99. The van der Waals surface area contributed by atoms with Gasteiger partial charge in [0.1, 0.15) is 6.33 Å². The number of carbonyl (C=O) groups excluding carboxylic acids is 1. The number of amides is 1. The van der Waals surface area contributed by atoms with Gasteiger partial charge in [-0.3, -0.25) is 4.79 Å². The van der Waals surface area contributed by atoms with Crippen molar-refractivity contribution in [3.8, 4) is 0 Å². The number of aryl methyl sites for hydroxylation is 1. The largest absolute Gasteiger partial charge is 0.336 e. The summed E-state index contributed by atoms with van der Waals surface area (Å²) < 4.78 is 1.27. The Balaban J connectivity index is 1.94. The van der Waals surface area contributed by atoms with Crippen LogP contribution in [0.15, 0.2) is 29.7 Å². The maximum atomic E-state index is 11.8. The van der Waals surface area contributed by atoms with E-state index in [9.17, 15) is 4.79 Å². The second kappa shape index (κ2) is 5.94. The lowest BCUT2D eigenvalue weighted by atomic mass is 10.2. The molecule has 0 saturated carbocycles. The molecular weight excluding hydrogens is 286 g/mol. The molecule has 0 aliphatic carbocycles. The van der Waals surface area contributed by atoms with Crippen molar-refractivity contribution in [2.75, 3.05) is 16.9 Å². The first kappa shape index (κ1) is 13.7. The molecular formula is C11H12ClN5OS. The monoisotopic (exact) mass is 297 g/mol. The molecule has 3 N–H and O–H groups in total. The predicted octanol–water partition coefficient (Wildman–Crippen LogP) is 1.68. The minimum Gasteiger partial charge on any atom is -0.336 e. The molecule has 1 aromatic carbocycles. The molecule has 0 saturated heterocycles. The maximum absolute atomic E-state index is 11.8. The molecule has 8 heteroatoms. The van der Waals surface area contributed by atoms with Gasteiger partial charge in [0.25, 0.3) is 0 Å². The van der Waals surface area contributed by atoms with Crippen LogP contribution in [-0.4, -0.2) is 26.5 Å². The van der Waals surface area contributed by atoms with Gasteiger partial charge in [-0.05, 0) is 24.6 Å². The van der Waals surface area contributed by atoms with Gasteiger partial charge < -0.3 is 11.2 Å². The molecule has 0 unspecified atom stereocenters. The van der Waals surface area contributed by atoms with E-state index in [1.807, 2.05) is 13.0 Å². The van der Waals surface area contributed by atoms with Crippen LogP contribution in [0.1, 0.15) is 5.56 Å². The molecule has 100 valence electrons. The Morgan fingerprint density at radius 2 is 2.37 bits per heavy atom. The number of nitrogen functional groups attached to an aromatic ring is 1. The number of aromatic nitrogens is 3. The summed E-state index contributed by atoms with van der Waals surface area (Å²) in [5, 5.41) is 11.3. The number of thioether (sulfide) groups is 1. The molecule has 1 heterocycles. The fourth-order valence-corrected chi connectivity index (χ4v) is 2.19. The van der Waals surface area contributed by atoms with E-state index in [0.717, 1.165) is 5.56 Å². The van der Waals surface area contributed by atoms with Gasteiger partial charge in [-0.2, -0.15) is 0 Å². The molecule has 1 amide bonds. The highest BCUT2D eigenvalue weighted by Gasteiger charge is 2.09. The first-order valence-electron chi connectivity index (χ1n) is 5.40. The van der Waals surface area contributed by atoms with Crippen LogP contribution in [0.2, 0.25) is 5.02 Å². The number of hydrogen-bond donors (Lipinski definition) is 2. The summed E-state index contributed by atoms with van der Waals surface area (Å²) >= 11 is 7.10. The summed E-state index contributed by atoms with van der Waals surface area (Å²) in [7, 11) is 0. The lowest BCUT2D eigenvalue weighted by molar-refractivity contribution is -0.113. The quantitative estimate of drug-likeness (QED) is 0.662. The van der Waals surface area contributed by atoms with Crippen LogP contribution in [0.25, 0.3) is 0 Å². The standard InChI is InChI=1S/C11H12ClN5OS/c1-7-2-3-8(12)4-9(7)15-10(18)5-19-11-16-14-6-17(11)13/h2-4,6H,5,13H2,1H3,(H,15,18). The van der Waals surface area contributed by atoms with Crippen LogP contribution >= 0.6 is 23.4 Å². The summed E-state index contributed by atoms with van der Waals surface area (Å²) in [4.78, 5) is 11.8. The van der Waals surface area contributed by atoms with Crippen LogP contribution in [0, 0.1) is 6.92 Å². The van der Waals surface area contributed by atoms with Crippen molar-refractivity contribution in [1.82, 2.24) is 14.9 Å². The van der Waals surface area contributed by atoms with Crippen molar-refractivity contribution in [3.63, 3.8) is 0 Å². The maximum Gasteiger partial charge on any atom is 0.234 e. The average molecular weight is 298 g/mol. The topological polar surface area (TPSA) is 85.8 Å². The third kappa shape index (κ3) is 3.62. The van der Waals surface area contributed by atoms with Crippen molar-refractivity contribution in [3.05, 3.63) is 35.1 Å². The van der Waals surface area contributed by atoms with E-state index in [0.29, 0.717) is 15.9 Å². The lowest BCUT2D eigenvalue weighted by Crippen LogP contribution is -2.16. The zero-order chi connectivity index (χ0) is 13.8. The number of nitrogens with two attached hydrogens (primary N) is 1. The second-order valence-corrected chi connectivity index (χ2v) is 5.20. The van der Waals surface area contributed by atoms with Gasteiger partial charge in [-0.15, -0.1) is 10.2 Å². The van der Waals surface area contributed by atoms with E-state index in [2.05, 4.69) is 15.5 Å². The number of halogens is 1. The molecule has 0 bridgehead atoms. The van der Waals surface area contributed by atoms with Crippen molar-refractivity contribution >= 4 is 35.0 Å². The molecule has 0 spiro atoms. The number of nitrogens with one attached hydrogen (secondary N) is 1. The Bertz CT molecular complexity index is 601. The van der Waals surface area contributed by atoms with Gasteiger partial charge in [0.2, 0.25) is 11.1 Å². The third-order valence-electron chi connectivity index (χ3n) is 2.35. The van der Waals surface area contributed by atoms with Crippen molar-refractivity contribution < 1.29 is 4.79 Å². The minimum atomic E-state index is -0.154. The van der Waals surface area contributed by atoms with Crippen molar-refractivity contribution in [2.24, 2.45) is 0 Å². The summed E-state index contributed by atoms with van der Waals surface area (Å²) in [6.07, 6.45) is 1.38. The first-order valence-corrected chi connectivity index (χ1v) is 6.76. The van der Waals surface area contributed by atoms with Gasteiger partial charge in [-0.25, -0.2) is 4.68 Å². The minimum absolute atomic E-state index is 0.154. The van der Waals surface area contributed by atoms with E-state index >= 15 is 0 Å². The number of benzene rings is 1. The van der Waals surface area contributed by atoms with Crippen molar-refractivity contribution in [2.45, 2.75) is 12.1 Å².